The highest BCUT2D eigenvalue weighted by atomic mass is 16.5. The van der Waals surface area contributed by atoms with Crippen LogP contribution in [0.5, 0.6) is 0 Å². The zero-order chi connectivity index (χ0) is 7.33. The lowest BCUT2D eigenvalue weighted by Crippen LogP contribution is -2.22. The second kappa shape index (κ2) is 3.85. The Morgan fingerprint density at radius 1 is 1.44 bits per heavy atom. The number of ether oxygens (including phenoxy) is 1. The largest absolute Gasteiger partial charge is 0.388 e. The Morgan fingerprint density at radius 2 is 2.00 bits per heavy atom. The van der Waals surface area contributed by atoms with Crippen LogP contribution in [0.2, 0.25) is 0 Å². The second-order valence-electron chi connectivity index (χ2n) is 2.30. The lowest BCUT2D eigenvalue weighted by atomic mass is 10.1. The van der Waals surface area contributed by atoms with Crippen molar-refractivity contribution in [2.24, 2.45) is 0 Å². The third-order valence-electron chi connectivity index (χ3n) is 1.20. The topological polar surface area (TPSA) is 29.5 Å². The third kappa shape index (κ3) is 3.49. The summed E-state index contributed by atoms with van der Waals surface area (Å²) in [4.78, 5) is 0. The smallest absolute Gasteiger partial charge is 0.0874 e. The molecule has 2 nitrogen and oxygen atoms in total. The van der Waals surface area contributed by atoms with Gasteiger partial charge in [-0.3, -0.25) is 0 Å². The van der Waals surface area contributed by atoms with Gasteiger partial charge < -0.3 is 9.84 Å². The fourth-order valence-electron chi connectivity index (χ4n) is 0.656. The Kier molecular flexibility index (Phi) is 3.82. The van der Waals surface area contributed by atoms with E-state index in [-0.39, 0.29) is 0 Å². The normalized spacial score (nSPS) is 33.3. The van der Waals surface area contributed by atoms with Crippen LogP contribution in [-0.4, -0.2) is 23.9 Å². The van der Waals surface area contributed by atoms with Gasteiger partial charge in [0.15, 0.2) is 0 Å². The summed E-state index contributed by atoms with van der Waals surface area (Å²) in [5, 5.41) is 9.07. The fraction of sp³-hybridized carbons (Fsp3) is 1.00. The van der Waals surface area contributed by atoms with Crippen LogP contribution in [0.1, 0.15) is 27.2 Å². The lowest BCUT2D eigenvalue weighted by molar-refractivity contribution is 0.0435. The molecule has 1 heterocycles. The van der Waals surface area contributed by atoms with E-state index < -0.39 is 5.60 Å². The van der Waals surface area contributed by atoms with Crippen LogP contribution < -0.4 is 0 Å². The van der Waals surface area contributed by atoms with Gasteiger partial charge in [0.25, 0.3) is 0 Å². The molecule has 56 valence electrons. The minimum absolute atomic E-state index is 0.507. The van der Waals surface area contributed by atoms with Crippen LogP contribution in [-0.2, 0) is 4.74 Å². The van der Waals surface area contributed by atoms with Crippen molar-refractivity contribution in [2.45, 2.75) is 32.8 Å². The molecule has 0 spiro atoms. The monoisotopic (exact) mass is 132 g/mol. The van der Waals surface area contributed by atoms with E-state index in [0.717, 1.165) is 6.42 Å². The van der Waals surface area contributed by atoms with Crippen molar-refractivity contribution in [2.75, 3.05) is 13.2 Å². The molecule has 0 aromatic heterocycles. The highest BCUT2D eigenvalue weighted by Crippen LogP contribution is 2.15. The summed E-state index contributed by atoms with van der Waals surface area (Å²) in [6, 6.07) is 0. The molecule has 0 bridgehead atoms. The molecule has 1 unspecified atom stereocenters. The summed E-state index contributed by atoms with van der Waals surface area (Å²) in [5.41, 5.74) is -0.528. The zero-order valence-corrected chi connectivity index (χ0v) is 6.48. The number of aliphatic hydroxyl groups is 1. The van der Waals surface area contributed by atoms with Crippen LogP contribution in [0.15, 0.2) is 0 Å². The molecule has 2 heteroatoms. The number of hydrogen-bond acceptors (Lipinski definition) is 2. The minimum atomic E-state index is -0.528. The summed E-state index contributed by atoms with van der Waals surface area (Å²) in [5.74, 6) is 0. The van der Waals surface area contributed by atoms with E-state index in [4.69, 9.17) is 9.84 Å². The molecule has 0 aliphatic carbocycles. The lowest BCUT2D eigenvalue weighted by Gasteiger charge is -2.10. The van der Waals surface area contributed by atoms with Gasteiger partial charge in [0.05, 0.1) is 12.2 Å². The standard InChI is InChI=1S/C5H10O2.C2H6/c1-5(6)2-3-7-4-5;1-2/h6H,2-4H2,1H3;1-2H3. The maximum atomic E-state index is 9.07. The van der Waals surface area contributed by atoms with Gasteiger partial charge >= 0.3 is 0 Å². The van der Waals surface area contributed by atoms with Gasteiger partial charge in [-0.05, 0) is 6.92 Å². The fourth-order valence-corrected chi connectivity index (χ4v) is 0.656. The van der Waals surface area contributed by atoms with E-state index in [0.29, 0.717) is 13.2 Å². The molecule has 0 amide bonds. The molecular formula is C7H16O2. The molecule has 0 aromatic carbocycles. The van der Waals surface area contributed by atoms with Gasteiger partial charge in [-0.1, -0.05) is 13.8 Å². The van der Waals surface area contributed by atoms with Crippen molar-refractivity contribution in [1.29, 1.82) is 0 Å². The van der Waals surface area contributed by atoms with Crippen molar-refractivity contribution in [3.8, 4) is 0 Å². The predicted molar refractivity (Wildman–Crippen MR) is 37.4 cm³/mol. The van der Waals surface area contributed by atoms with Crippen molar-refractivity contribution in [3.63, 3.8) is 0 Å². The first-order chi connectivity index (χ1) is 4.21. The van der Waals surface area contributed by atoms with Crippen LogP contribution in [0.4, 0.5) is 0 Å². The van der Waals surface area contributed by atoms with Crippen molar-refractivity contribution >= 4 is 0 Å². The number of rotatable bonds is 0. The third-order valence-corrected chi connectivity index (χ3v) is 1.20. The number of hydrogen-bond donors (Lipinski definition) is 1. The quantitative estimate of drug-likeness (QED) is 0.536. The van der Waals surface area contributed by atoms with Gasteiger partial charge in [0.2, 0.25) is 0 Å². The molecule has 1 N–H and O–H groups in total. The zero-order valence-electron chi connectivity index (χ0n) is 6.48. The van der Waals surface area contributed by atoms with Crippen molar-refractivity contribution in [3.05, 3.63) is 0 Å². The highest BCUT2D eigenvalue weighted by Gasteiger charge is 2.25. The molecule has 0 aromatic rings. The average Bonchev–Trinajstić information content (AvgIpc) is 2.19. The molecule has 0 radical (unpaired) electrons. The van der Waals surface area contributed by atoms with Gasteiger partial charge in [-0.25, -0.2) is 0 Å². The molecule has 9 heavy (non-hydrogen) atoms. The molecule has 1 aliphatic rings. The summed E-state index contributed by atoms with van der Waals surface area (Å²) < 4.78 is 4.91. The first-order valence-corrected chi connectivity index (χ1v) is 3.51. The average molecular weight is 132 g/mol. The van der Waals surface area contributed by atoms with E-state index in [1.807, 2.05) is 13.8 Å². The van der Waals surface area contributed by atoms with Crippen LogP contribution in [0, 0.1) is 0 Å². The van der Waals surface area contributed by atoms with Crippen LogP contribution >= 0.6 is 0 Å². The summed E-state index contributed by atoms with van der Waals surface area (Å²) >= 11 is 0. The molecular weight excluding hydrogens is 116 g/mol. The Balaban J connectivity index is 0.000000291. The Bertz CT molecular complexity index is 61.3. The van der Waals surface area contributed by atoms with Crippen molar-refractivity contribution < 1.29 is 9.84 Å². The molecule has 1 rings (SSSR count). The van der Waals surface area contributed by atoms with Crippen molar-refractivity contribution in [1.82, 2.24) is 0 Å². The second-order valence-corrected chi connectivity index (χ2v) is 2.30. The molecule has 1 saturated heterocycles. The van der Waals surface area contributed by atoms with Gasteiger partial charge in [-0.2, -0.15) is 0 Å². The predicted octanol–water partition coefficient (Wildman–Crippen LogP) is 1.18. The van der Waals surface area contributed by atoms with Crippen LogP contribution in [0.3, 0.4) is 0 Å². The summed E-state index contributed by atoms with van der Waals surface area (Å²) in [7, 11) is 0. The maximum Gasteiger partial charge on any atom is 0.0874 e. The molecule has 1 fully saturated rings. The Morgan fingerprint density at radius 3 is 2.11 bits per heavy atom. The summed E-state index contributed by atoms with van der Waals surface area (Å²) in [6.07, 6.45) is 0.785. The highest BCUT2D eigenvalue weighted by molar-refractivity contribution is 4.75. The van der Waals surface area contributed by atoms with Gasteiger partial charge in [-0.15, -0.1) is 0 Å². The SMILES string of the molecule is CC.CC1(O)CCOC1. The maximum absolute atomic E-state index is 9.07. The summed E-state index contributed by atoms with van der Waals surface area (Å²) in [6.45, 7) is 7.01. The van der Waals surface area contributed by atoms with E-state index in [9.17, 15) is 0 Å². The molecule has 1 aliphatic heterocycles. The van der Waals surface area contributed by atoms with E-state index >= 15 is 0 Å². The van der Waals surface area contributed by atoms with Crippen LogP contribution in [0.25, 0.3) is 0 Å². The van der Waals surface area contributed by atoms with Gasteiger partial charge in [0, 0.05) is 13.0 Å². The van der Waals surface area contributed by atoms with E-state index in [1.54, 1.807) is 6.92 Å². The first kappa shape index (κ1) is 8.92. The van der Waals surface area contributed by atoms with Gasteiger partial charge in [0.1, 0.15) is 0 Å². The minimum Gasteiger partial charge on any atom is -0.388 e. The van der Waals surface area contributed by atoms with E-state index in [1.165, 1.54) is 0 Å². The van der Waals surface area contributed by atoms with E-state index in [2.05, 4.69) is 0 Å². The Labute approximate surface area is 56.8 Å². The Hall–Kier alpha value is -0.0800. The molecule has 1 atom stereocenters. The molecule has 0 saturated carbocycles. The first-order valence-electron chi connectivity index (χ1n) is 3.51.